The lowest BCUT2D eigenvalue weighted by atomic mass is 10.2. The summed E-state index contributed by atoms with van der Waals surface area (Å²) in [5.41, 5.74) is 1.40. The van der Waals surface area contributed by atoms with Gasteiger partial charge in [0.1, 0.15) is 0 Å². The van der Waals surface area contributed by atoms with Gasteiger partial charge in [0.2, 0.25) is 0 Å². The lowest BCUT2D eigenvalue weighted by Crippen LogP contribution is -2.11. The number of nitrogens with zero attached hydrogens (tertiary/aromatic N) is 1. The molecule has 1 amide bonds. The number of hydrogen-bond donors (Lipinski definition) is 1. The molecule has 0 radical (unpaired) electrons. The third-order valence-corrected chi connectivity index (χ3v) is 2.76. The van der Waals surface area contributed by atoms with Gasteiger partial charge in [-0.05, 0) is 59.0 Å². The standard InChI is InChI=1S/C12H9IN2O/c13-10-1-3-11(4-2-10)15-12(16)9-5-7-14-8-6-9/h1-8H,(H,15,16). The molecular weight excluding hydrogens is 315 g/mol. The second-order valence-corrected chi connectivity index (χ2v) is 4.44. The van der Waals surface area contributed by atoms with E-state index in [4.69, 9.17) is 0 Å². The highest BCUT2D eigenvalue weighted by molar-refractivity contribution is 14.1. The largest absolute Gasteiger partial charge is 0.322 e. The zero-order valence-corrected chi connectivity index (χ0v) is 10.5. The fourth-order valence-electron chi connectivity index (χ4n) is 1.24. The molecule has 0 unspecified atom stereocenters. The van der Waals surface area contributed by atoms with Gasteiger partial charge in [-0.2, -0.15) is 0 Å². The quantitative estimate of drug-likeness (QED) is 0.863. The van der Waals surface area contributed by atoms with Crippen molar-refractivity contribution >= 4 is 34.2 Å². The van der Waals surface area contributed by atoms with Crippen LogP contribution in [0.25, 0.3) is 0 Å². The van der Waals surface area contributed by atoms with Gasteiger partial charge in [0.15, 0.2) is 0 Å². The molecule has 1 N–H and O–H groups in total. The van der Waals surface area contributed by atoms with E-state index in [2.05, 4.69) is 32.9 Å². The number of anilines is 1. The molecule has 0 saturated heterocycles. The van der Waals surface area contributed by atoms with E-state index in [-0.39, 0.29) is 5.91 Å². The Bertz CT molecular complexity index is 482. The van der Waals surface area contributed by atoms with Crippen molar-refractivity contribution in [3.05, 3.63) is 57.9 Å². The fraction of sp³-hybridized carbons (Fsp3) is 0. The van der Waals surface area contributed by atoms with Crippen molar-refractivity contribution in [1.82, 2.24) is 4.98 Å². The van der Waals surface area contributed by atoms with Gasteiger partial charge in [0, 0.05) is 27.2 Å². The first-order valence-electron chi connectivity index (χ1n) is 4.72. The third kappa shape index (κ3) is 2.79. The average molecular weight is 324 g/mol. The molecule has 0 aliphatic heterocycles. The Kier molecular flexibility index (Phi) is 3.51. The lowest BCUT2D eigenvalue weighted by molar-refractivity contribution is 0.102. The molecule has 80 valence electrons. The summed E-state index contributed by atoms with van der Waals surface area (Å²) in [5.74, 6) is -0.122. The zero-order chi connectivity index (χ0) is 11.4. The van der Waals surface area contributed by atoms with Gasteiger partial charge in [-0.3, -0.25) is 9.78 Å². The summed E-state index contributed by atoms with van der Waals surface area (Å²) < 4.78 is 1.14. The number of carbonyl (C=O) groups excluding carboxylic acids is 1. The predicted octanol–water partition coefficient (Wildman–Crippen LogP) is 2.94. The molecule has 0 aliphatic rings. The summed E-state index contributed by atoms with van der Waals surface area (Å²) in [4.78, 5) is 15.6. The number of pyridine rings is 1. The number of nitrogens with one attached hydrogen (secondary N) is 1. The number of aromatic nitrogens is 1. The van der Waals surface area contributed by atoms with Gasteiger partial charge < -0.3 is 5.32 Å². The molecule has 1 heterocycles. The molecule has 2 rings (SSSR count). The van der Waals surface area contributed by atoms with Gasteiger partial charge in [0.05, 0.1) is 0 Å². The summed E-state index contributed by atoms with van der Waals surface area (Å²) >= 11 is 2.22. The molecule has 0 atom stereocenters. The Hall–Kier alpha value is -1.43. The molecule has 3 nitrogen and oxygen atoms in total. The molecule has 0 fully saturated rings. The average Bonchev–Trinajstić information content (AvgIpc) is 2.33. The van der Waals surface area contributed by atoms with Crippen molar-refractivity contribution in [2.24, 2.45) is 0 Å². The molecule has 1 aromatic carbocycles. The van der Waals surface area contributed by atoms with Crippen molar-refractivity contribution < 1.29 is 4.79 Å². The molecule has 1 aromatic heterocycles. The van der Waals surface area contributed by atoms with Crippen LogP contribution in [0, 0.1) is 3.57 Å². The first-order valence-corrected chi connectivity index (χ1v) is 5.80. The third-order valence-electron chi connectivity index (χ3n) is 2.04. The molecular formula is C12H9IN2O. The summed E-state index contributed by atoms with van der Waals surface area (Å²) in [6.45, 7) is 0. The van der Waals surface area contributed by atoms with Crippen molar-refractivity contribution in [3.63, 3.8) is 0 Å². The van der Waals surface area contributed by atoms with Crippen molar-refractivity contribution in [2.45, 2.75) is 0 Å². The van der Waals surface area contributed by atoms with Crippen LogP contribution < -0.4 is 5.32 Å². The predicted molar refractivity (Wildman–Crippen MR) is 71.3 cm³/mol. The number of carbonyl (C=O) groups is 1. The number of amides is 1. The van der Waals surface area contributed by atoms with Crippen LogP contribution in [-0.4, -0.2) is 10.9 Å². The van der Waals surface area contributed by atoms with E-state index in [1.54, 1.807) is 24.5 Å². The maximum absolute atomic E-state index is 11.8. The highest BCUT2D eigenvalue weighted by Crippen LogP contribution is 2.12. The van der Waals surface area contributed by atoms with E-state index in [0.717, 1.165) is 9.26 Å². The summed E-state index contributed by atoms with van der Waals surface area (Å²) in [5, 5.41) is 2.82. The topological polar surface area (TPSA) is 42.0 Å². The second-order valence-electron chi connectivity index (χ2n) is 3.20. The van der Waals surface area contributed by atoms with Gasteiger partial charge in [-0.1, -0.05) is 0 Å². The second kappa shape index (κ2) is 5.07. The summed E-state index contributed by atoms with van der Waals surface area (Å²) in [6, 6.07) is 11.0. The Labute approximate surface area is 107 Å². The number of halogens is 1. The van der Waals surface area contributed by atoms with E-state index in [9.17, 15) is 4.79 Å². The van der Waals surface area contributed by atoms with Crippen molar-refractivity contribution in [3.8, 4) is 0 Å². The SMILES string of the molecule is O=C(Nc1ccc(I)cc1)c1ccncc1. The maximum atomic E-state index is 11.8. The molecule has 4 heteroatoms. The van der Waals surface area contributed by atoms with Crippen LogP contribution in [-0.2, 0) is 0 Å². The lowest BCUT2D eigenvalue weighted by Gasteiger charge is -2.04. The Morgan fingerprint density at radius 2 is 1.69 bits per heavy atom. The van der Waals surface area contributed by atoms with E-state index >= 15 is 0 Å². The van der Waals surface area contributed by atoms with Crippen LogP contribution >= 0.6 is 22.6 Å². The monoisotopic (exact) mass is 324 g/mol. The minimum atomic E-state index is -0.122. The van der Waals surface area contributed by atoms with E-state index in [1.165, 1.54) is 0 Å². The normalized spacial score (nSPS) is 9.81. The van der Waals surface area contributed by atoms with Crippen LogP contribution in [0.4, 0.5) is 5.69 Å². The van der Waals surface area contributed by atoms with E-state index in [0.29, 0.717) is 5.56 Å². The number of rotatable bonds is 2. The first kappa shape index (κ1) is 11.1. The summed E-state index contributed by atoms with van der Waals surface area (Å²) in [7, 11) is 0. The van der Waals surface area contributed by atoms with Crippen LogP contribution in [0.2, 0.25) is 0 Å². The molecule has 16 heavy (non-hydrogen) atoms. The number of hydrogen-bond acceptors (Lipinski definition) is 2. The molecule has 0 saturated carbocycles. The molecule has 2 aromatic rings. The maximum Gasteiger partial charge on any atom is 0.255 e. The van der Waals surface area contributed by atoms with E-state index in [1.807, 2.05) is 24.3 Å². The zero-order valence-electron chi connectivity index (χ0n) is 8.35. The Morgan fingerprint density at radius 1 is 1.06 bits per heavy atom. The first-order chi connectivity index (χ1) is 7.75. The summed E-state index contributed by atoms with van der Waals surface area (Å²) in [6.07, 6.45) is 3.20. The Balaban J connectivity index is 2.11. The molecule has 0 spiro atoms. The van der Waals surface area contributed by atoms with Crippen LogP contribution in [0.5, 0.6) is 0 Å². The van der Waals surface area contributed by atoms with Crippen LogP contribution in [0.15, 0.2) is 48.8 Å². The van der Waals surface area contributed by atoms with E-state index < -0.39 is 0 Å². The minimum Gasteiger partial charge on any atom is -0.322 e. The highest BCUT2D eigenvalue weighted by Gasteiger charge is 2.04. The fourth-order valence-corrected chi connectivity index (χ4v) is 1.60. The smallest absolute Gasteiger partial charge is 0.255 e. The van der Waals surface area contributed by atoms with Crippen molar-refractivity contribution in [1.29, 1.82) is 0 Å². The van der Waals surface area contributed by atoms with Gasteiger partial charge in [-0.25, -0.2) is 0 Å². The highest BCUT2D eigenvalue weighted by atomic mass is 127. The molecule has 0 bridgehead atoms. The Morgan fingerprint density at radius 3 is 2.31 bits per heavy atom. The number of benzene rings is 1. The van der Waals surface area contributed by atoms with Crippen LogP contribution in [0.3, 0.4) is 0 Å². The van der Waals surface area contributed by atoms with Gasteiger partial charge in [-0.15, -0.1) is 0 Å². The van der Waals surface area contributed by atoms with Crippen LogP contribution in [0.1, 0.15) is 10.4 Å². The minimum absolute atomic E-state index is 0.122. The van der Waals surface area contributed by atoms with Gasteiger partial charge in [0.25, 0.3) is 5.91 Å². The van der Waals surface area contributed by atoms with Crippen molar-refractivity contribution in [2.75, 3.05) is 5.32 Å². The van der Waals surface area contributed by atoms with Gasteiger partial charge >= 0.3 is 0 Å². The molecule has 0 aliphatic carbocycles.